The Morgan fingerprint density at radius 1 is 0.952 bits per heavy atom. The van der Waals surface area contributed by atoms with E-state index in [1.54, 1.807) is 12.2 Å². The zero-order valence-corrected chi connectivity index (χ0v) is 11.6. The average molecular weight is 276 g/mol. The van der Waals surface area contributed by atoms with E-state index in [0.29, 0.717) is 5.78 Å². The molecule has 0 saturated heterocycles. The number of allylic oxidation sites excluding steroid dienone is 6. The van der Waals surface area contributed by atoms with Crippen LogP contribution in [0, 0.1) is 17.8 Å². The Balaban J connectivity index is 1.85. The van der Waals surface area contributed by atoms with Gasteiger partial charge in [0.1, 0.15) is 5.78 Å². The molecule has 3 unspecified atom stereocenters. The standard InChI is InChI=1S/C19H16O2/c20-15-8-10-19(11-9-15,14-4-2-1-3-5-14)17-12-13-6-7-16(17)18(13)21/h1-11,13,16-17H,12H2. The molecule has 0 aromatic heterocycles. The Hall–Kier alpha value is -2.22. The lowest BCUT2D eigenvalue weighted by atomic mass is 9.64. The first-order valence-electron chi connectivity index (χ1n) is 7.41. The summed E-state index contributed by atoms with van der Waals surface area (Å²) < 4.78 is 0. The van der Waals surface area contributed by atoms with Crippen molar-refractivity contribution >= 4 is 11.6 Å². The highest BCUT2D eigenvalue weighted by Crippen LogP contribution is 2.52. The van der Waals surface area contributed by atoms with Crippen LogP contribution >= 0.6 is 0 Å². The van der Waals surface area contributed by atoms with Crippen LogP contribution in [-0.4, -0.2) is 11.6 Å². The maximum atomic E-state index is 12.3. The highest BCUT2D eigenvalue weighted by Gasteiger charge is 2.52. The molecule has 3 aliphatic carbocycles. The summed E-state index contributed by atoms with van der Waals surface area (Å²) in [6.07, 6.45) is 12.3. The van der Waals surface area contributed by atoms with E-state index in [2.05, 4.69) is 18.2 Å². The maximum Gasteiger partial charge on any atom is 0.178 e. The molecule has 4 rings (SSSR count). The summed E-state index contributed by atoms with van der Waals surface area (Å²) in [5.74, 6) is 0.626. The molecule has 0 radical (unpaired) electrons. The van der Waals surface area contributed by atoms with Gasteiger partial charge in [-0.1, -0.05) is 54.6 Å². The molecule has 1 aromatic carbocycles. The van der Waals surface area contributed by atoms with Gasteiger partial charge in [0.05, 0.1) is 0 Å². The van der Waals surface area contributed by atoms with Crippen LogP contribution in [0.1, 0.15) is 12.0 Å². The minimum atomic E-state index is -0.338. The van der Waals surface area contributed by atoms with Crippen molar-refractivity contribution < 1.29 is 9.59 Å². The minimum absolute atomic E-state index is 0.0160. The van der Waals surface area contributed by atoms with Crippen molar-refractivity contribution in [1.82, 2.24) is 0 Å². The van der Waals surface area contributed by atoms with Crippen molar-refractivity contribution in [3.63, 3.8) is 0 Å². The molecule has 0 N–H and O–H groups in total. The maximum absolute atomic E-state index is 12.3. The first-order chi connectivity index (χ1) is 10.2. The Bertz CT molecular complexity index is 678. The number of hydrogen-bond acceptors (Lipinski definition) is 2. The second-order valence-corrected chi connectivity index (χ2v) is 6.13. The SMILES string of the molecule is O=C1C=CC(c2ccccc2)(C2CC3C=CC2C3=O)C=C1. The van der Waals surface area contributed by atoms with Gasteiger partial charge >= 0.3 is 0 Å². The summed E-state index contributed by atoms with van der Waals surface area (Å²) in [5, 5.41) is 0. The van der Waals surface area contributed by atoms with Crippen LogP contribution < -0.4 is 0 Å². The summed E-state index contributed by atoms with van der Waals surface area (Å²) in [6, 6.07) is 10.2. The van der Waals surface area contributed by atoms with Gasteiger partial charge in [-0.2, -0.15) is 0 Å². The fraction of sp³-hybridized carbons (Fsp3) is 0.263. The van der Waals surface area contributed by atoms with E-state index in [0.717, 1.165) is 12.0 Å². The number of ketones is 2. The van der Waals surface area contributed by atoms with E-state index >= 15 is 0 Å². The van der Waals surface area contributed by atoms with Crippen molar-refractivity contribution in [1.29, 1.82) is 0 Å². The van der Waals surface area contributed by atoms with Crippen LogP contribution in [-0.2, 0) is 15.0 Å². The summed E-state index contributed by atoms with van der Waals surface area (Å²) in [7, 11) is 0. The topological polar surface area (TPSA) is 34.1 Å². The fourth-order valence-electron chi connectivity index (χ4n) is 4.06. The van der Waals surface area contributed by atoms with Crippen molar-refractivity contribution in [2.45, 2.75) is 11.8 Å². The van der Waals surface area contributed by atoms with Crippen LogP contribution in [0.15, 0.2) is 66.8 Å². The van der Waals surface area contributed by atoms with Gasteiger partial charge < -0.3 is 0 Å². The number of hydrogen-bond donors (Lipinski definition) is 0. The molecule has 2 bridgehead atoms. The third kappa shape index (κ3) is 1.72. The summed E-state index contributed by atoms with van der Waals surface area (Å²) in [6.45, 7) is 0. The molecule has 0 aliphatic heterocycles. The van der Waals surface area contributed by atoms with Crippen LogP contribution in [0.2, 0.25) is 0 Å². The molecule has 21 heavy (non-hydrogen) atoms. The molecule has 0 spiro atoms. The predicted molar refractivity (Wildman–Crippen MR) is 80.6 cm³/mol. The average Bonchev–Trinajstić information content (AvgIpc) is 3.05. The van der Waals surface area contributed by atoms with Gasteiger partial charge in [0, 0.05) is 17.3 Å². The Labute approximate surface area is 123 Å². The number of carbonyl (C=O) groups is 2. The second kappa shape index (κ2) is 4.39. The fourth-order valence-corrected chi connectivity index (χ4v) is 4.06. The third-order valence-electron chi connectivity index (χ3n) is 5.12. The Kier molecular flexibility index (Phi) is 2.61. The van der Waals surface area contributed by atoms with Crippen molar-refractivity contribution in [2.24, 2.45) is 17.8 Å². The lowest BCUT2D eigenvalue weighted by Crippen LogP contribution is -2.36. The molecule has 0 heterocycles. The van der Waals surface area contributed by atoms with E-state index in [-0.39, 0.29) is 29.0 Å². The molecule has 1 saturated carbocycles. The zero-order valence-electron chi connectivity index (χ0n) is 11.6. The van der Waals surface area contributed by atoms with Gasteiger partial charge in [0.15, 0.2) is 5.78 Å². The van der Waals surface area contributed by atoms with Crippen LogP contribution in [0.3, 0.4) is 0 Å². The number of fused-ring (bicyclic) bond motifs is 2. The van der Waals surface area contributed by atoms with Crippen molar-refractivity contribution in [3.05, 3.63) is 72.4 Å². The smallest absolute Gasteiger partial charge is 0.178 e. The van der Waals surface area contributed by atoms with E-state index in [1.807, 2.05) is 36.4 Å². The highest BCUT2D eigenvalue weighted by molar-refractivity contribution is 6.01. The molecule has 104 valence electrons. The van der Waals surface area contributed by atoms with Crippen LogP contribution in [0.4, 0.5) is 0 Å². The quantitative estimate of drug-likeness (QED) is 0.778. The van der Waals surface area contributed by atoms with Gasteiger partial charge in [-0.05, 0) is 30.1 Å². The number of benzene rings is 1. The molecule has 3 atom stereocenters. The lowest BCUT2D eigenvalue weighted by Gasteiger charge is -2.38. The van der Waals surface area contributed by atoms with Crippen LogP contribution in [0.25, 0.3) is 0 Å². The van der Waals surface area contributed by atoms with Gasteiger partial charge in [0.25, 0.3) is 0 Å². The lowest BCUT2D eigenvalue weighted by molar-refractivity contribution is -0.121. The van der Waals surface area contributed by atoms with Gasteiger partial charge in [-0.25, -0.2) is 0 Å². The summed E-state index contributed by atoms with van der Waals surface area (Å²) >= 11 is 0. The molecule has 0 amide bonds. The Morgan fingerprint density at radius 3 is 2.24 bits per heavy atom. The molecular weight excluding hydrogens is 260 g/mol. The number of Topliss-reactive ketones (excluding diaryl/α,β-unsaturated/α-hetero) is 1. The number of rotatable bonds is 2. The summed E-state index contributed by atoms with van der Waals surface area (Å²) in [4.78, 5) is 23.8. The van der Waals surface area contributed by atoms with E-state index in [1.165, 1.54) is 0 Å². The molecule has 3 aliphatic rings. The molecule has 1 fully saturated rings. The third-order valence-corrected chi connectivity index (χ3v) is 5.12. The highest BCUT2D eigenvalue weighted by atomic mass is 16.1. The summed E-state index contributed by atoms with van der Waals surface area (Å²) in [5.41, 5.74) is 0.818. The first-order valence-corrected chi connectivity index (χ1v) is 7.41. The zero-order chi connectivity index (χ0) is 14.4. The first kappa shape index (κ1) is 12.5. The second-order valence-electron chi connectivity index (χ2n) is 6.13. The molecule has 2 heteroatoms. The van der Waals surface area contributed by atoms with Crippen molar-refractivity contribution in [3.8, 4) is 0 Å². The predicted octanol–water partition coefficient (Wildman–Crippen LogP) is 3.01. The normalized spacial score (nSPS) is 32.1. The van der Waals surface area contributed by atoms with Gasteiger partial charge in [-0.3, -0.25) is 9.59 Å². The number of carbonyl (C=O) groups excluding carboxylic acids is 2. The van der Waals surface area contributed by atoms with E-state index in [4.69, 9.17) is 0 Å². The Morgan fingerprint density at radius 2 is 1.67 bits per heavy atom. The van der Waals surface area contributed by atoms with E-state index < -0.39 is 0 Å². The van der Waals surface area contributed by atoms with Crippen LogP contribution in [0.5, 0.6) is 0 Å². The van der Waals surface area contributed by atoms with E-state index in [9.17, 15) is 9.59 Å². The van der Waals surface area contributed by atoms with Gasteiger partial charge in [-0.15, -0.1) is 0 Å². The molecule has 1 aromatic rings. The molecular formula is C19H16O2. The minimum Gasteiger partial charge on any atom is -0.298 e. The largest absolute Gasteiger partial charge is 0.298 e. The molecule has 2 nitrogen and oxygen atoms in total. The van der Waals surface area contributed by atoms with Gasteiger partial charge in [0.2, 0.25) is 0 Å². The monoisotopic (exact) mass is 276 g/mol. The van der Waals surface area contributed by atoms with Crippen molar-refractivity contribution in [2.75, 3.05) is 0 Å².